The maximum Gasteiger partial charge on any atom is 0.331 e. The summed E-state index contributed by atoms with van der Waals surface area (Å²) < 4.78 is 15.7. The normalized spacial score (nSPS) is 13.2. The summed E-state index contributed by atoms with van der Waals surface area (Å²) in [6.45, 7) is 2.83. The van der Waals surface area contributed by atoms with Crippen molar-refractivity contribution in [2.24, 2.45) is 0 Å². The molecule has 2 aromatic carbocycles. The fourth-order valence-electron chi connectivity index (χ4n) is 3.20. The molecule has 8 heteroatoms. The van der Waals surface area contributed by atoms with E-state index in [4.69, 9.17) is 0 Å². The van der Waals surface area contributed by atoms with Crippen molar-refractivity contribution in [2.45, 2.75) is 32.5 Å². The van der Waals surface area contributed by atoms with Crippen LogP contribution in [-0.4, -0.2) is 26.7 Å². The molecule has 3 rings (SSSR count). The summed E-state index contributed by atoms with van der Waals surface area (Å²) in [7, 11) is 0. The van der Waals surface area contributed by atoms with E-state index in [1.54, 1.807) is 37.3 Å². The van der Waals surface area contributed by atoms with Crippen molar-refractivity contribution in [1.29, 1.82) is 0 Å². The predicted molar refractivity (Wildman–Crippen MR) is 107 cm³/mol. The first-order valence-electron chi connectivity index (χ1n) is 9.22. The molecule has 0 spiro atoms. The van der Waals surface area contributed by atoms with Gasteiger partial charge >= 0.3 is 5.69 Å². The predicted octanol–water partition coefficient (Wildman–Crippen LogP) is 1.35. The first-order valence-corrected chi connectivity index (χ1v) is 9.22. The van der Waals surface area contributed by atoms with E-state index in [0.29, 0.717) is 16.5 Å². The highest BCUT2D eigenvalue weighted by molar-refractivity contribution is 5.81. The number of fused-ring (bicyclic) bond motifs is 1. The van der Waals surface area contributed by atoms with E-state index in [0.717, 1.165) is 4.57 Å². The molecule has 1 aromatic heterocycles. The molecule has 0 saturated heterocycles. The standard InChI is InChI=1S/C21H22FN3O4/c1-3-24-19(27)16-9-4-5-10-17(16)25(20(24)28)12-18(26)23-13-21(2,29)14-7-6-8-15(22)11-14/h4-11,29H,3,12-13H2,1-2H3,(H,23,26). The first-order chi connectivity index (χ1) is 13.7. The Kier molecular flexibility index (Phi) is 5.65. The fourth-order valence-corrected chi connectivity index (χ4v) is 3.20. The van der Waals surface area contributed by atoms with E-state index in [-0.39, 0.29) is 19.6 Å². The topological polar surface area (TPSA) is 93.3 Å². The van der Waals surface area contributed by atoms with Crippen LogP contribution in [0.1, 0.15) is 19.4 Å². The molecule has 1 atom stereocenters. The summed E-state index contributed by atoms with van der Waals surface area (Å²) in [6, 6.07) is 12.1. The number of benzene rings is 2. The van der Waals surface area contributed by atoms with Crippen LogP contribution < -0.4 is 16.6 Å². The third-order valence-electron chi connectivity index (χ3n) is 4.83. The Morgan fingerprint density at radius 2 is 1.86 bits per heavy atom. The Labute approximate surface area is 166 Å². The largest absolute Gasteiger partial charge is 0.384 e. The van der Waals surface area contributed by atoms with Crippen molar-refractivity contribution in [3.05, 3.63) is 80.7 Å². The summed E-state index contributed by atoms with van der Waals surface area (Å²) in [4.78, 5) is 37.6. The van der Waals surface area contributed by atoms with Crippen molar-refractivity contribution in [3.63, 3.8) is 0 Å². The molecule has 1 heterocycles. The van der Waals surface area contributed by atoms with Gasteiger partial charge < -0.3 is 10.4 Å². The van der Waals surface area contributed by atoms with Crippen molar-refractivity contribution >= 4 is 16.8 Å². The zero-order chi connectivity index (χ0) is 21.2. The average Bonchev–Trinajstić information content (AvgIpc) is 2.70. The molecule has 0 aliphatic rings. The van der Waals surface area contributed by atoms with Gasteiger partial charge in [-0.05, 0) is 43.7 Å². The van der Waals surface area contributed by atoms with Gasteiger partial charge in [0.15, 0.2) is 0 Å². The Morgan fingerprint density at radius 3 is 2.55 bits per heavy atom. The second-order valence-corrected chi connectivity index (χ2v) is 7.00. The number of nitrogens with zero attached hydrogens (tertiary/aromatic N) is 2. The molecule has 1 unspecified atom stereocenters. The summed E-state index contributed by atoms with van der Waals surface area (Å²) in [5.74, 6) is -1.01. The summed E-state index contributed by atoms with van der Waals surface area (Å²) in [5, 5.41) is 13.5. The first kappa shape index (κ1) is 20.5. The third-order valence-corrected chi connectivity index (χ3v) is 4.83. The number of rotatable bonds is 6. The van der Waals surface area contributed by atoms with E-state index in [9.17, 15) is 23.9 Å². The smallest absolute Gasteiger partial charge is 0.331 e. The van der Waals surface area contributed by atoms with Gasteiger partial charge in [0.25, 0.3) is 5.56 Å². The lowest BCUT2D eigenvalue weighted by molar-refractivity contribution is -0.122. The number of para-hydroxylation sites is 1. The minimum atomic E-state index is -1.49. The Morgan fingerprint density at radius 1 is 1.14 bits per heavy atom. The molecular formula is C21H22FN3O4. The van der Waals surface area contributed by atoms with Crippen LogP contribution in [0, 0.1) is 5.82 Å². The van der Waals surface area contributed by atoms with Gasteiger partial charge in [-0.15, -0.1) is 0 Å². The minimum Gasteiger partial charge on any atom is -0.384 e. The van der Waals surface area contributed by atoms with Crippen LogP contribution in [0.5, 0.6) is 0 Å². The van der Waals surface area contributed by atoms with Crippen LogP contribution >= 0.6 is 0 Å². The van der Waals surface area contributed by atoms with Crippen LogP contribution in [0.2, 0.25) is 0 Å². The van der Waals surface area contributed by atoms with Gasteiger partial charge in [0.1, 0.15) is 18.0 Å². The van der Waals surface area contributed by atoms with E-state index in [1.165, 1.54) is 29.7 Å². The van der Waals surface area contributed by atoms with Crippen LogP contribution in [0.25, 0.3) is 10.9 Å². The highest BCUT2D eigenvalue weighted by atomic mass is 19.1. The Balaban J connectivity index is 1.85. The van der Waals surface area contributed by atoms with E-state index < -0.39 is 28.6 Å². The van der Waals surface area contributed by atoms with Gasteiger partial charge in [0.05, 0.1) is 17.4 Å². The van der Waals surface area contributed by atoms with Crippen molar-refractivity contribution < 1.29 is 14.3 Å². The monoisotopic (exact) mass is 399 g/mol. The lowest BCUT2D eigenvalue weighted by Crippen LogP contribution is -2.44. The van der Waals surface area contributed by atoms with Gasteiger partial charge in [0.2, 0.25) is 5.91 Å². The van der Waals surface area contributed by atoms with Crippen molar-refractivity contribution in [3.8, 4) is 0 Å². The second kappa shape index (κ2) is 8.00. The van der Waals surface area contributed by atoms with Crippen LogP contribution in [-0.2, 0) is 23.5 Å². The quantitative estimate of drug-likeness (QED) is 0.654. The number of aliphatic hydroxyl groups is 1. The number of halogens is 1. The maximum absolute atomic E-state index is 13.4. The van der Waals surface area contributed by atoms with Gasteiger partial charge in [0, 0.05) is 6.54 Å². The van der Waals surface area contributed by atoms with Gasteiger partial charge in [-0.25, -0.2) is 9.18 Å². The van der Waals surface area contributed by atoms with E-state index >= 15 is 0 Å². The number of carbonyl (C=O) groups excluding carboxylic acids is 1. The number of aromatic nitrogens is 2. The molecule has 7 nitrogen and oxygen atoms in total. The molecule has 3 aromatic rings. The molecule has 0 bridgehead atoms. The summed E-state index contributed by atoms with van der Waals surface area (Å²) in [5.41, 5.74) is -1.80. The van der Waals surface area contributed by atoms with Gasteiger partial charge in [-0.3, -0.25) is 18.7 Å². The van der Waals surface area contributed by atoms with Crippen LogP contribution in [0.4, 0.5) is 4.39 Å². The molecular weight excluding hydrogens is 377 g/mol. The van der Waals surface area contributed by atoms with Crippen molar-refractivity contribution in [2.75, 3.05) is 6.54 Å². The second-order valence-electron chi connectivity index (χ2n) is 7.00. The average molecular weight is 399 g/mol. The Hall–Kier alpha value is -3.26. The molecule has 0 fully saturated rings. The number of nitrogens with one attached hydrogen (secondary N) is 1. The lowest BCUT2D eigenvalue weighted by Gasteiger charge is -2.24. The SMILES string of the molecule is CCn1c(=O)c2ccccc2n(CC(=O)NCC(C)(O)c2cccc(F)c2)c1=O. The minimum absolute atomic E-state index is 0.171. The zero-order valence-electron chi connectivity index (χ0n) is 16.2. The van der Waals surface area contributed by atoms with Crippen molar-refractivity contribution in [1.82, 2.24) is 14.5 Å². The lowest BCUT2D eigenvalue weighted by atomic mass is 9.96. The van der Waals surface area contributed by atoms with E-state index in [2.05, 4.69) is 5.32 Å². The summed E-state index contributed by atoms with van der Waals surface area (Å²) >= 11 is 0. The molecule has 0 aliphatic carbocycles. The fraction of sp³-hybridized carbons (Fsp3) is 0.286. The molecule has 152 valence electrons. The van der Waals surface area contributed by atoms with Gasteiger partial charge in [-0.1, -0.05) is 24.3 Å². The number of hydrogen-bond donors (Lipinski definition) is 2. The highest BCUT2D eigenvalue weighted by Gasteiger charge is 2.24. The number of amides is 1. The molecule has 2 N–H and O–H groups in total. The Bertz CT molecular complexity index is 1180. The molecule has 0 aliphatic heterocycles. The van der Waals surface area contributed by atoms with Crippen LogP contribution in [0.15, 0.2) is 58.1 Å². The zero-order valence-corrected chi connectivity index (χ0v) is 16.2. The van der Waals surface area contributed by atoms with Gasteiger partial charge in [-0.2, -0.15) is 0 Å². The molecule has 0 saturated carbocycles. The molecule has 1 amide bonds. The summed E-state index contributed by atoms with van der Waals surface area (Å²) in [6.07, 6.45) is 0. The third kappa shape index (κ3) is 4.12. The highest BCUT2D eigenvalue weighted by Crippen LogP contribution is 2.20. The number of hydrogen-bond acceptors (Lipinski definition) is 4. The molecule has 0 radical (unpaired) electrons. The van der Waals surface area contributed by atoms with E-state index in [1.807, 2.05) is 0 Å². The molecule has 29 heavy (non-hydrogen) atoms. The van der Waals surface area contributed by atoms with Crippen LogP contribution in [0.3, 0.4) is 0 Å². The number of carbonyl (C=O) groups is 1. The maximum atomic E-state index is 13.4.